The summed E-state index contributed by atoms with van der Waals surface area (Å²) >= 11 is 0. The fraction of sp³-hybridized carbons (Fsp3) is 0.455. The quantitative estimate of drug-likeness (QED) is 0.677. The van der Waals surface area contributed by atoms with Gasteiger partial charge in [-0.2, -0.15) is 0 Å². The molecule has 1 aliphatic carbocycles. The number of aromatic hydroxyl groups is 1. The third kappa shape index (κ3) is 0.985. The second-order valence-corrected chi connectivity index (χ2v) is 4.11. The second kappa shape index (κ2) is 2.48. The van der Waals surface area contributed by atoms with Crippen LogP contribution in [0.5, 0.6) is 5.75 Å². The lowest BCUT2D eigenvalue weighted by Crippen LogP contribution is -2.63. The molecule has 2 N–H and O–H groups in total. The summed E-state index contributed by atoms with van der Waals surface area (Å²) in [6.07, 6.45) is 1.27. The van der Waals surface area contributed by atoms with E-state index in [1.165, 1.54) is 18.5 Å². The molecule has 1 aliphatic heterocycles. The first-order valence-electron chi connectivity index (χ1n) is 4.87. The highest BCUT2D eigenvalue weighted by Gasteiger charge is 2.47. The fourth-order valence-electron chi connectivity index (χ4n) is 2.46. The molecule has 1 aromatic carbocycles. The van der Waals surface area contributed by atoms with Gasteiger partial charge in [0.15, 0.2) is 0 Å². The topological polar surface area (TPSA) is 32.3 Å². The molecular formula is C11H13NO. The van der Waals surface area contributed by atoms with Crippen molar-refractivity contribution < 1.29 is 5.11 Å². The van der Waals surface area contributed by atoms with Gasteiger partial charge in [-0.15, -0.1) is 0 Å². The number of rotatable bonds is 1. The minimum Gasteiger partial charge on any atom is -0.508 e. The van der Waals surface area contributed by atoms with Gasteiger partial charge < -0.3 is 10.4 Å². The number of phenolic OH excluding ortho intramolecular Hbond substituents is 1. The average Bonchev–Trinajstić information content (AvgIpc) is 2.12. The van der Waals surface area contributed by atoms with Crippen LogP contribution in [0.3, 0.4) is 0 Å². The van der Waals surface area contributed by atoms with Gasteiger partial charge in [0.1, 0.15) is 5.75 Å². The lowest BCUT2D eigenvalue weighted by Gasteiger charge is -2.54. The summed E-state index contributed by atoms with van der Waals surface area (Å²) in [5.41, 5.74) is 1.39. The molecule has 0 spiro atoms. The molecule has 0 aromatic heterocycles. The number of fused-ring (bicyclic) bond motifs is 1. The van der Waals surface area contributed by atoms with Crippen LogP contribution in [0, 0.1) is 5.92 Å². The maximum absolute atomic E-state index is 9.15. The Morgan fingerprint density at radius 1 is 1.23 bits per heavy atom. The zero-order valence-electron chi connectivity index (χ0n) is 7.40. The van der Waals surface area contributed by atoms with E-state index in [2.05, 4.69) is 17.4 Å². The van der Waals surface area contributed by atoms with Gasteiger partial charge >= 0.3 is 0 Å². The van der Waals surface area contributed by atoms with Crippen molar-refractivity contribution >= 4 is 0 Å². The van der Waals surface area contributed by atoms with E-state index < -0.39 is 0 Å². The van der Waals surface area contributed by atoms with E-state index in [4.69, 9.17) is 5.11 Å². The summed E-state index contributed by atoms with van der Waals surface area (Å²) in [7, 11) is 0. The summed E-state index contributed by atoms with van der Waals surface area (Å²) in [6.45, 7) is 1.18. The largest absolute Gasteiger partial charge is 0.508 e. The number of hydrogen-bond acceptors (Lipinski definition) is 2. The van der Waals surface area contributed by atoms with Gasteiger partial charge in [-0.3, -0.25) is 0 Å². The Morgan fingerprint density at radius 3 is 2.46 bits per heavy atom. The third-order valence-electron chi connectivity index (χ3n) is 3.48. The standard InChI is InChI=1S/C11H13NO/c13-8-3-1-7(2-4-8)9-5-11-10(9)6-12-11/h1-4,9-13H,5-6H2. The smallest absolute Gasteiger partial charge is 0.115 e. The number of benzene rings is 1. The lowest BCUT2D eigenvalue weighted by atomic mass is 9.62. The van der Waals surface area contributed by atoms with Gasteiger partial charge in [0.05, 0.1) is 0 Å². The van der Waals surface area contributed by atoms with Crippen molar-refractivity contribution in [1.82, 2.24) is 5.32 Å². The van der Waals surface area contributed by atoms with E-state index in [-0.39, 0.29) is 0 Å². The van der Waals surface area contributed by atoms with Gasteiger partial charge in [0.25, 0.3) is 0 Å². The maximum Gasteiger partial charge on any atom is 0.115 e. The lowest BCUT2D eigenvalue weighted by molar-refractivity contribution is 0.0751. The minimum absolute atomic E-state index is 0.367. The first-order valence-corrected chi connectivity index (χ1v) is 4.87. The van der Waals surface area contributed by atoms with E-state index in [9.17, 15) is 0 Å². The van der Waals surface area contributed by atoms with Gasteiger partial charge in [-0.05, 0) is 36.0 Å². The Balaban J connectivity index is 1.81. The summed E-state index contributed by atoms with van der Waals surface area (Å²) in [6, 6.07) is 8.46. The molecule has 1 aromatic rings. The van der Waals surface area contributed by atoms with Gasteiger partial charge in [0, 0.05) is 12.6 Å². The molecule has 2 nitrogen and oxygen atoms in total. The molecule has 1 saturated carbocycles. The Bertz CT molecular complexity index is 319. The van der Waals surface area contributed by atoms with Crippen LogP contribution in [0.1, 0.15) is 17.9 Å². The Kier molecular flexibility index (Phi) is 1.41. The molecule has 1 saturated heterocycles. The SMILES string of the molecule is Oc1ccc(C2CC3NCC32)cc1. The van der Waals surface area contributed by atoms with Crippen LogP contribution in [0.15, 0.2) is 24.3 Å². The molecular weight excluding hydrogens is 162 g/mol. The maximum atomic E-state index is 9.15. The van der Waals surface area contributed by atoms with Gasteiger partial charge in [-0.1, -0.05) is 12.1 Å². The zero-order chi connectivity index (χ0) is 8.84. The predicted molar refractivity (Wildman–Crippen MR) is 50.7 cm³/mol. The van der Waals surface area contributed by atoms with E-state index in [0.717, 1.165) is 17.9 Å². The van der Waals surface area contributed by atoms with Crippen LogP contribution in [-0.2, 0) is 0 Å². The zero-order valence-corrected chi connectivity index (χ0v) is 7.40. The van der Waals surface area contributed by atoms with Crippen LogP contribution in [-0.4, -0.2) is 17.7 Å². The number of nitrogens with one attached hydrogen (secondary N) is 1. The highest BCUT2D eigenvalue weighted by Crippen LogP contribution is 2.46. The van der Waals surface area contributed by atoms with Crippen molar-refractivity contribution in [2.24, 2.45) is 5.92 Å². The van der Waals surface area contributed by atoms with Crippen molar-refractivity contribution in [1.29, 1.82) is 0 Å². The molecule has 3 rings (SSSR count). The summed E-state index contributed by atoms with van der Waals surface area (Å²) in [4.78, 5) is 0. The Morgan fingerprint density at radius 2 is 2.00 bits per heavy atom. The molecule has 2 fully saturated rings. The van der Waals surface area contributed by atoms with Crippen LogP contribution in [0.4, 0.5) is 0 Å². The summed E-state index contributed by atoms with van der Waals surface area (Å²) in [5, 5.41) is 12.6. The second-order valence-electron chi connectivity index (χ2n) is 4.11. The number of phenols is 1. The predicted octanol–water partition coefficient (Wildman–Crippen LogP) is 1.47. The number of piperidine rings is 1. The van der Waals surface area contributed by atoms with Crippen molar-refractivity contribution in [2.45, 2.75) is 18.4 Å². The monoisotopic (exact) mass is 175 g/mol. The summed E-state index contributed by atoms with van der Waals surface area (Å²) < 4.78 is 0. The van der Waals surface area contributed by atoms with Gasteiger partial charge in [0.2, 0.25) is 0 Å². The van der Waals surface area contributed by atoms with E-state index in [1.807, 2.05) is 0 Å². The van der Waals surface area contributed by atoms with Crippen LogP contribution in [0.25, 0.3) is 0 Å². The molecule has 68 valence electrons. The van der Waals surface area contributed by atoms with Crippen molar-refractivity contribution in [2.75, 3.05) is 6.54 Å². The van der Waals surface area contributed by atoms with E-state index >= 15 is 0 Å². The highest BCUT2D eigenvalue weighted by atomic mass is 16.3. The molecule has 13 heavy (non-hydrogen) atoms. The third-order valence-corrected chi connectivity index (χ3v) is 3.48. The van der Waals surface area contributed by atoms with E-state index in [1.54, 1.807) is 12.1 Å². The van der Waals surface area contributed by atoms with Crippen LogP contribution >= 0.6 is 0 Å². The molecule has 2 heteroatoms. The molecule has 2 aliphatic rings. The van der Waals surface area contributed by atoms with Gasteiger partial charge in [-0.25, -0.2) is 0 Å². The van der Waals surface area contributed by atoms with Crippen molar-refractivity contribution in [3.63, 3.8) is 0 Å². The number of hydrogen-bond donors (Lipinski definition) is 2. The summed E-state index contributed by atoms with van der Waals surface area (Å²) in [5.74, 6) is 1.97. The molecule has 1 heterocycles. The van der Waals surface area contributed by atoms with Crippen molar-refractivity contribution in [3.8, 4) is 5.75 Å². The highest BCUT2D eigenvalue weighted by molar-refractivity contribution is 5.32. The van der Waals surface area contributed by atoms with Crippen molar-refractivity contribution in [3.05, 3.63) is 29.8 Å². The van der Waals surface area contributed by atoms with Crippen LogP contribution < -0.4 is 5.32 Å². The molecule has 3 atom stereocenters. The Hall–Kier alpha value is -1.02. The first kappa shape index (κ1) is 7.39. The fourth-order valence-corrected chi connectivity index (χ4v) is 2.46. The molecule has 0 amide bonds. The Labute approximate surface area is 77.6 Å². The molecule has 0 bridgehead atoms. The molecule has 0 radical (unpaired) electrons. The van der Waals surface area contributed by atoms with Crippen LogP contribution in [0.2, 0.25) is 0 Å². The minimum atomic E-state index is 0.367. The normalized spacial score (nSPS) is 35.8. The average molecular weight is 175 g/mol. The van der Waals surface area contributed by atoms with E-state index in [0.29, 0.717) is 5.75 Å². The first-order chi connectivity index (χ1) is 6.34. The molecule has 3 unspecified atom stereocenters.